The Morgan fingerprint density at radius 1 is 1.28 bits per heavy atom. The predicted molar refractivity (Wildman–Crippen MR) is 94.2 cm³/mol. The minimum Gasteiger partial charge on any atom is -0.468 e. The van der Waals surface area contributed by atoms with Gasteiger partial charge in [-0.05, 0) is 30.7 Å². The fourth-order valence-corrected chi connectivity index (χ4v) is 4.04. The highest BCUT2D eigenvalue weighted by molar-refractivity contribution is 7.99. The lowest BCUT2D eigenvalue weighted by atomic mass is 10.2. The normalized spacial score (nSPS) is 18.1. The summed E-state index contributed by atoms with van der Waals surface area (Å²) >= 11 is 1.82. The average Bonchev–Trinajstić information content (AvgIpc) is 3.30. The Bertz CT molecular complexity index is 832. The standard InChI is InChI=1S/C18H17N3O3S/c22-18(14-11-16(24-20-14)13-3-1-6-19-12-13)21-7-5-17(25-10-8-21)15-4-2-9-23-15/h1-4,6,9,11-12,17H,5,7-8,10H2/t17-/m0/s1. The van der Waals surface area contributed by atoms with Gasteiger partial charge in [-0.2, -0.15) is 0 Å². The number of furan rings is 1. The van der Waals surface area contributed by atoms with E-state index in [0.717, 1.165) is 23.5 Å². The van der Waals surface area contributed by atoms with Crippen molar-refractivity contribution in [2.24, 2.45) is 0 Å². The highest BCUT2D eigenvalue weighted by Gasteiger charge is 2.26. The number of thioether (sulfide) groups is 1. The van der Waals surface area contributed by atoms with Crippen LogP contribution in [0.2, 0.25) is 0 Å². The lowest BCUT2D eigenvalue weighted by molar-refractivity contribution is 0.0755. The summed E-state index contributed by atoms with van der Waals surface area (Å²) < 4.78 is 10.8. The molecule has 0 unspecified atom stereocenters. The topological polar surface area (TPSA) is 72.4 Å². The Kier molecular flexibility index (Phi) is 4.56. The van der Waals surface area contributed by atoms with Crippen molar-refractivity contribution in [3.63, 3.8) is 0 Å². The predicted octanol–water partition coefficient (Wildman–Crippen LogP) is 3.65. The van der Waals surface area contributed by atoms with E-state index in [1.807, 2.05) is 40.9 Å². The molecule has 0 radical (unpaired) electrons. The Morgan fingerprint density at radius 3 is 3.04 bits per heavy atom. The molecular formula is C18H17N3O3S. The maximum absolute atomic E-state index is 12.7. The van der Waals surface area contributed by atoms with Gasteiger partial charge in [0.2, 0.25) is 0 Å². The highest BCUT2D eigenvalue weighted by atomic mass is 32.2. The Labute approximate surface area is 149 Å². The summed E-state index contributed by atoms with van der Waals surface area (Å²) in [7, 11) is 0. The van der Waals surface area contributed by atoms with E-state index in [2.05, 4.69) is 10.1 Å². The van der Waals surface area contributed by atoms with E-state index in [1.54, 1.807) is 24.7 Å². The molecule has 25 heavy (non-hydrogen) atoms. The van der Waals surface area contributed by atoms with Crippen LogP contribution in [0.15, 0.2) is 57.9 Å². The summed E-state index contributed by atoms with van der Waals surface area (Å²) in [6, 6.07) is 9.27. The number of rotatable bonds is 3. The Balaban J connectivity index is 1.45. The van der Waals surface area contributed by atoms with Gasteiger partial charge in [-0.25, -0.2) is 0 Å². The number of carbonyl (C=O) groups is 1. The fraction of sp³-hybridized carbons (Fsp3) is 0.278. The smallest absolute Gasteiger partial charge is 0.276 e. The minimum absolute atomic E-state index is 0.0976. The molecule has 1 aliphatic rings. The summed E-state index contributed by atoms with van der Waals surface area (Å²) in [5.74, 6) is 2.29. The summed E-state index contributed by atoms with van der Waals surface area (Å²) in [6.45, 7) is 1.36. The number of nitrogens with zero attached hydrogens (tertiary/aromatic N) is 3. The van der Waals surface area contributed by atoms with Crippen LogP contribution >= 0.6 is 11.8 Å². The molecule has 0 saturated carbocycles. The van der Waals surface area contributed by atoms with E-state index in [0.29, 0.717) is 24.5 Å². The van der Waals surface area contributed by atoms with Crippen molar-refractivity contribution in [2.75, 3.05) is 18.8 Å². The summed E-state index contributed by atoms with van der Waals surface area (Å²) in [4.78, 5) is 18.6. The number of hydrogen-bond donors (Lipinski definition) is 0. The molecule has 4 heterocycles. The molecule has 3 aromatic rings. The zero-order chi connectivity index (χ0) is 17.1. The third-order valence-corrected chi connectivity index (χ3v) is 5.45. The molecule has 128 valence electrons. The van der Waals surface area contributed by atoms with Crippen molar-refractivity contribution in [3.05, 3.63) is 60.4 Å². The molecule has 1 saturated heterocycles. The average molecular weight is 355 g/mol. The second-order valence-electron chi connectivity index (χ2n) is 5.77. The quantitative estimate of drug-likeness (QED) is 0.714. The van der Waals surface area contributed by atoms with Crippen molar-refractivity contribution in [2.45, 2.75) is 11.7 Å². The molecule has 0 bridgehead atoms. The Morgan fingerprint density at radius 2 is 2.24 bits per heavy atom. The molecule has 0 aromatic carbocycles. The van der Waals surface area contributed by atoms with Crippen LogP contribution in [0.5, 0.6) is 0 Å². The monoisotopic (exact) mass is 355 g/mol. The molecule has 7 heteroatoms. The van der Waals surface area contributed by atoms with Crippen LogP contribution in [0.4, 0.5) is 0 Å². The lowest BCUT2D eigenvalue weighted by Gasteiger charge is -2.18. The van der Waals surface area contributed by atoms with Gasteiger partial charge in [0.15, 0.2) is 11.5 Å². The maximum Gasteiger partial charge on any atom is 0.276 e. The van der Waals surface area contributed by atoms with Gasteiger partial charge < -0.3 is 13.8 Å². The molecule has 0 N–H and O–H groups in total. The molecule has 0 spiro atoms. The summed E-state index contributed by atoms with van der Waals surface area (Å²) in [5.41, 5.74) is 1.14. The number of hydrogen-bond acceptors (Lipinski definition) is 6. The summed E-state index contributed by atoms with van der Waals surface area (Å²) in [6.07, 6.45) is 5.93. The molecule has 1 aliphatic heterocycles. The minimum atomic E-state index is -0.0976. The van der Waals surface area contributed by atoms with Gasteiger partial charge in [0.25, 0.3) is 5.91 Å². The zero-order valence-electron chi connectivity index (χ0n) is 13.5. The van der Waals surface area contributed by atoms with Gasteiger partial charge in [-0.3, -0.25) is 9.78 Å². The zero-order valence-corrected chi connectivity index (χ0v) is 14.3. The van der Waals surface area contributed by atoms with Crippen molar-refractivity contribution in [3.8, 4) is 11.3 Å². The van der Waals surface area contributed by atoms with Gasteiger partial charge in [-0.15, -0.1) is 11.8 Å². The molecular weight excluding hydrogens is 338 g/mol. The van der Waals surface area contributed by atoms with Crippen LogP contribution in [0.3, 0.4) is 0 Å². The van der Waals surface area contributed by atoms with Crippen LogP contribution in [-0.2, 0) is 0 Å². The van der Waals surface area contributed by atoms with Gasteiger partial charge in [0.05, 0.1) is 11.5 Å². The lowest BCUT2D eigenvalue weighted by Crippen LogP contribution is -2.33. The number of carbonyl (C=O) groups excluding carboxylic acids is 1. The second-order valence-corrected chi connectivity index (χ2v) is 7.08. The molecule has 3 aromatic heterocycles. The van der Waals surface area contributed by atoms with Crippen LogP contribution in [0.25, 0.3) is 11.3 Å². The second kappa shape index (κ2) is 7.14. The third kappa shape index (κ3) is 3.46. The van der Waals surface area contributed by atoms with Crippen LogP contribution in [-0.4, -0.2) is 39.8 Å². The fourth-order valence-electron chi connectivity index (χ4n) is 2.86. The molecule has 1 fully saturated rings. The molecule has 4 rings (SSSR count). The molecule has 6 nitrogen and oxygen atoms in total. The SMILES string of the molecule is O=C(c1cc(-c2cccnc2)on1)N1CCS[C@H](c2ccco2)CC1. The van der Waals surface area contributed by atoms with Crippen LogP contribution < -0.4 is 0 Å². The van der Waals surface area contributed by atoms with E-state index in [4.69, 9.17) is 8.94 Å². The number of aromatic nitrogens is 2. The molecule has 0 aliphatic carbocycles. The molecule has 1 amide bonds. The van der Waals surface area contributed by atoms with E-state index in [9.17, 15) is 4.79 Å². The highest BCUT2D eigenvalue weighted by Crippen LogP contribution is 2.34. The van der Waals surface area contributed by atoms with Gasteiger partial charge in [0, 0.05) is 42.9 Å². The largest absolute Gasteiger partial charge is 0.468 e. The first-order valence-corrected chi connectivity index (χ1v) is 9.17. The first-order chi connectivity index (χ1) is 12.3. The first-order valence-electron chi connectivity index (χ1n) is 8.12. The van der Waals surface area contributed by atoms with Gasteiger partial charge in [-0.1, -0.05) is 5.16 Å². The van der Waals surface area contributed by atoms with Crippen molar-refractivity contribution >= 4 is 17.7 Å². The Hall–Kier alpha value is -2.54. The van der Waals surface area contributed by atoms with Crippen molar-refractivity contribution < 1.29 is 13.7 Å². The van der Waals surface area contributed by atoms with E-state index in [-0.39, 0.29) is 11.2 Å². The maximum atomic E-state index is 12.7. The van der Waals surface area contributed by atoms with Crippen molar-refractivity contribution in [1.29, 1.82) is 0 Å². The van der Waals surface area contributed by atoms with E-state index < -0.39 is 0 Å². The van der Waals surface area contributed by atoms with Crippen molar-refractivity contribution in [1.82, 2.24) is 15.0 Å². The summed E-state index contributed by atoms with van der Waals surface area (Å²) in [5, 5.41) is 4.24. The first kappa shape index (κ1) is 16.0. The van der Waals surface area contributed by atoms with Crippen LogP contribution in [0, 0.1) is 0 Å². The van der Waals surface area contributed by atoms with E-state index >= 15 is 0 Å². The third-order valence-electron chi connectivity index (χ3n) is 4.16. The van der Waals surface area contributed by atoms with Gasteiger partial charge in [0.1, 0.15) is 5.76 Å². The number of amides is 1. The number of pyridine rings is 1. The van der Waals surface area contributed by atoms with Gasteiger partial charge >= 0.3 is 0 Å². The van der Waals surface area contributed by atoms with Crippen LogP contribution in [0.1, 0.15) is 27.9 Å². The van der Waals surface area contributed by atoms with E-state index in [1.165, 1.54) is 0 Å². The molecule has 1 atom stereocenters.